The van der Waals surface area contributed by atoms with Gasteiger partial charge in [0, 0.05) is 19.1 Å². The van der Waals surface area contributed by atoms with E-state index in [1.807, 2.05) is 0 Å². The fourth-order valence-corrected chi connectivity index (χ4v) is 2.33. The van der Waals surface area contributed by atoms with Crippen molar-refractivity contribution in [1.82, 2.24) is 10.4 Å². The fraction of sp³-hybridized carbons (Fsp3) is 1.00. The summed E-state index contributed by atoms with van der Waals surface area (Å²) in [7, 11) is 2.20. The molecule has 2 aliphatic rings. The first-order valence-electron chi connectivity index (χ1n) is 5.47. The van der Waals surface area contributed by atoms with Crippen LogP contribution in [0.4, 0.5) is 0 Å². The molecule has 0 aromatic carbocycles. The van der Waals surface area contributed by atoms with Crippen LogP contribution in [0.5, 0.6) is 0 Å². The predicted molar refractivity (Wildman–Crippen MR) is 55.3 cm³/mol. The van der Waals surface area contributed by atoms with Gasteiger partial charge >= 0.3 is 0 Å². The van der Waals surface area contributed by atoms with E-state index in [0.29, 0.717) is 11.5 Å². The van der Waals surface area contributed by atoms with Crippen LogP contribution in [0, 0.1) is 11.3 Å². The van der Waals surface area contributed by atoms with Crippen molar-refractivity contribution in [2.45, 2.75) is 52.1 Å². The highest BCUT2D eigenvalue weighted by Gasteiger charge is 2.43. The van der Waals surface area contributed by atoms with E-state index in [4.69, 9.17) is 0 Å². The molecule has 0 amide bonds. The zero-order valence-corrected chi connectivity index (χ0v) is 9.30. The number of hydrazine groups is 1. The van der Waals surface area contributed by atoms with Crippen LogP contribution in [0.3, 0.4) is 0 Å². The van der Waals surface area contributed by atoms with Crippen molar-refractivity contribution < 1.29 is 0 Å². The first kappa shape index (κ1) is 9.47. The van der Waals surface area contributed by atoms with Gasteiger partial charge in [-0.3, -0.25) is 5.43 Å². The van der Waals surface area contributed by atoms with Gasteiger partial charge < -0.3 is 0 Å². The lowest BCUT2D eigenvalue weighted by atomic mass is 9.84. The number of hydrogen-bond donors (Lipinski definition) is 1. The van der Waals surface area contributed by atoms with Crippen molar-refractivity contribution in [1.29, 1.82) is 0 Å². The van der Waals surface area contributed by atoms with Gasteiger partial charge in [0.05, 0.1) is 0 Å². The Labute approximate surface area is 81.7 Å². The Balaban J connectivity index is 1.97. The molecule has 1 heterocycles. The summed E-state index contributed by atoms with van der Waals surface area (Å²) in [5.41, 5.74) is 4.00. The second kappa shape index (κ2) is 2.96. The third kappa shape index (κ3) is 1.89. The molecule has 2 atom stereocenters. The molecule has 2 heteroatoms. The second-order valence-electron chi connectivity index (χ2n) is 5.80. The Morgan fingerprint density at radius 3 is 2.23 bits per heavy atom. The van der Waals surface area contributed by atoms with Crippen LogP contribution >= 0.6 is 0 Å². The van der Waals surface area contributed by atoms with E-state index in [1.165, 1.54) is 19.3 Å². The molecule has 2 nitrogen and oxygen atoms in total. The lowest BCUT2D eigenvalue weighted by Crippen LogP contribution is -2.41. The summed E-state index contributed by atoms with van der Waals surface area (Å²) in [6.45, 7) is 6.98. The average molecular weight is 182 g/mol. The third-order valence-electron chi connectivity index (χ3n) is 3.55. The molecule has 1 aliphatic heterocycles. The van der Waals surface area contributed by atoms with E-state index in [-0.39, 0.29) is 0 Å². The van der Waals surface area contributed by atoms with E-state index < -0.39 is 0 Å². The van der Waals surface area contributed by atoms with E-state index in [0.717, 1.165) is 12.0 Å². The first-order chi connectivity index (χ1) is 5.98. The highest BCUT2D eigenvalue weighted by atomic mass is 15.5. The molecular formula is C11H22N2. The van der Waals surface area contributed by atoms with Gasteiger partial charge in [-0.15, -0.1) is 0 Å². The molecule has 1 saturated carbocycles. The van der Waals surface area contributed by atoms with Gasteiger partial charge in [-0.25, -0.2) is 5.01 Å². The molecular weight excluding hydrogens is 160 g/mol. The third-order valence-corrected chi connectivity index (χ3v) is 3.55. The van der Waals surface area contributed by atoms with Crippen LogP contribution in [-0.4, -0.2) is 24.1 Å². The maximum absolute atomic E-state index is 3.60. The van der Waals surface area contributed by atoms with Crippen LogP contribution in [0.2, 0.25) is 0 Å². The quantitative estimate of drug-likeness (QED) is 0.667. The Morgan fingerprint density at radius 2 is 1.85 bits per heavy atom. The van der Waals surface area contributed by atoms with Crippen molar-refractivity contribution in [3.05, 3.63) is 0 Å². The maximum Gasteiger partial charge on any atom is 0.0284 e. The van der Waals surface area contributed by atoms with E-state index >= 15 is 0 Å². The molecule has 76 valence electrons. The topological polar surface area (TPSA) is 15.3 Å². The summed E-state index contributed by atoms with van der Waals surface area (Å²) < 4.78 is 0. The molecule has 2 rings (SSSR count). The molecule has 1 N–H and O–H groups in total. The SMILES string of the molecule is CN1NC(C(C)(C)C)CC1C1CC1. The van der Waals surface area contributed by atoms with Gasteiger partial charge in [-0.05, 0) is 30.6 Å². The Bertz CT molecular complexity index is 191. The lowest BCUT2D eigenvalue weighted by Gasteiger charge is -2.27. The monoisotopic (exact) mass is 182 g/mol. The molecule has 2 unspecified atom stereocenters. The Hall–Kier alpha value is -0.0800. The standard InChI is InChI=1S/C11H22N2/c1-11(2,3)10-7-9(8-5-6-8)13(4)12-10/h8-10,12H,5-7H2,1-4H3. The molecule has 1 aliphatic carbocycles. The van der Waals surface area contributed by atoms with Gasteiger partial charge in [0.2, 0.25) is 0 Å². The smallest absolute Gasteiger partial charge is 0.0284 e. The summed E-state index contributed by atoms with van der Waals surface area (Å²) >= 11 is 0. The number of nitrogens with one attached hydrogen (secondary N) is 1. The van der Waals surface area contributed by atoms with Gasteiger partial charge in [0.25, 0.3) is 0 Å². The summed E-state index contributed by atoms with van der Waals surface area (Å²) in [6.07, 6.45) is 4.24. The van der Waals surface area contributed by atoms with Crippen LogP contribution in [0.25, 0.3) is 0 Å². The average Bonchev–Trinajstić information content (AvgIpc) is 2.73. The first-order valence-corrected chi connectivity index (χ1v) is 5.47. The lowest BCUT2D eigenvalue weighted by molar-refractivity contribution is 0.183. The normalized spacial score (nSPS) is 36.9. The molecule has 2 fully saturated rings. The van der Waals surface area contributed by atoms with Crippen LogP contribution in [0.15, 0.2) is 0 Å². The van der Waals surface area contributed by atoms with Crippen molar-refractivity contribution in [3.8, 4) is 0 Å². The fourth-order valence-electron chi connectivity index (χ4n) is 2.33. The van der Waals surface area contributed by atoms with E-state index in [9.17, 15) is 0 Å². The summed E-state index contributed by atoms with van der Waals surface area (Å²) in [4.78, 5) is 0. The molecule has 0 bridgehead atoms. The Kier molecular flexibility index (Phi) is 2.16. The summed E-state index contributed by atoms with van der Waals surface area (Å²) in [6, 6.07) is 1.48. The Morgan fingerprint density at radius 1 is 1.23 bits per heavy atom. The van der Waals surface area contributed by atoms with Crippen LogP contribution in [-0.2, 0) is 0 Å². The molecule has 0 aromatic rings. The zero-order chi connectivity index (χ0) is 9.64. The van der Waals surface area contributed by atoms with Crippen LogP contribution in [0.1, 0.15) is 40.0 Å². The number of hydrogen-bond acceptors (Lipinski definition) is 2. The zero-order valence-electron chi connectivity index (χ0n) is 9.30. The molecule has 0 aromatic heterocycles. The molecule has 1 saturated heterocycles. The maximum atomic E-state index is 3.60. The number of rotatable bonds is 1. The van der Waals surface area contributed by atoms with Crippen molar-refractivity contribution in [2.75, 3.05) is 7.05 Å². The largest absolute Gasteiger partial charge is 0.252 e. The van der Waals surface area contributed by atoms with Crippen molar-refractivity contribution in [2.24, 2.45) is 11.3 Å². The molecule has 0 radical (unpaired) electrons. The highest BCUT2D eigenvalue weighted by molar-refractivity contribution is 4.96. The highest BCUT2D eigenvalue weighted by Crippen LogP contribution is 2.41. The minimum atomic E-state index is 0.401. The van der Waals surface area contributed by atoms with Crippen molar-refractivity contribution in [3.63, 3.8) is 0 Å². The summed E-state index contributed by atoms with van der Waals surface area (Å²) in [5.74, 6) is 0.991. The van der Waals surface area contributed by atoms with E-state index in [1.54, 1.807) is 0 Å². The van der Waals surface area contributed by atoms with Gasteiger partial charge in [0.15, 0.2) is 0 Å². The predicted octanol–water partition coefficient (Wildman–Crippen LogP) is 2.02. The molecule has 0 spiro atoms. The van der Waals surface area contributed by atoms with Gasteiger partial charge in [-0.2, -0.15) is 0 Å². The minimum Gasteiger partial charge on any atom is -0.252 e. The van der Waals surface area contributed by atoms with Crippen molar-refractivity contribution >= 4 is 0 Å². The van der Waals surface area contributed by atoms with Gasteiger partial charge in [0.1, 0.15) is 0 Å². The number of nitrogens with zero attached hydrogens (tertiary/aromatic N) is 1. The molecule has 13 heavy (non-hydrogen) atoms. The minimum absolute atomic E-state index is 0.401. The van der Waals surface area contributed by atoms with Gasteiger partial charge in [-0.1, -0.05) is 20.8 Å². The second-order valence-corrected chi connectivity index (χ2v) is 5.80. The van der Waals surface area contributed by atoms with Crippen LogP contribution < -0.4 is 5.43 Å². The van der Waals surface area contributed by atoms with E-state index in [2.05, 4.69) is 38.3 Å². The summed E-state index contributed by atoms with van der Waals surface area (Å²) in [5, 5.41) is 2.35.